The van der Waals surface area contributed by atoms with Crippen LogP contribution >= 0.6 is 11.6 Å². The van der Waals surface area contributed by atoms with E-state index in [0.29, 0.717) is 34.2 Å². The summed E-state index contributed by atoms with van der Waals surface area (Å²) in [6.45, 7) is 4.29. The van der Waals surface area contributed by atoms with Crippen LogP contribution in [0.1, 0.15) is 40.7 Å². The SMILES string of the molecule is O=C(NCCC[N+]12CCC(CC1)[C@@H](OC(=O)C(O)(c1ccccc1)c1ccccc1)C2)c1cccc(Cl)c1.O=C([O-])C(F)(F)F. The molecule has 3 aromatic rings. The molecule has 3 aliphatic heterocycles. The first-order valence-electron chi connectivity index (χ1n) is 14.6. The summed E-state index contributed by atoms with van der Waals surface area (Å²) in [6, 6.07) is 25.0. The third-order valence-electron chi connectivity index (χ3n) is 8.39. The molecule has 0 aromatic heterocycles. The maximum absolute atomic E-state index is 13.7. The Bertz CT molecular complexity index is 1420. The normalized spacial score (nSPS) is 20.8. The molecule has 3 aliphatic rings. The zero-order chi connectivity index (χ0) is 32.7. The van der Waals surface area contributed by atoms with Gasteiger partial charge in [0.2, 0.25) is 5.60 Å². The number of nitrogens with zero attached hydrogens (tertiary/aromatic N) is 1. The second kappa shape index (κ2) is 14.4. The summed E-state index contributed by atoms with van der Waals surface area (Å²) in [7, 11) is 0. The van der Waals surface area contributed by atoms with Gasteiger partial charge in [-0.25, -0.2) is 4.79 Å². The summed E-state index contributed by atoms with van der Waals surface area (Å²) >= 11 is 6.01. The van der Waals surface area contributed by atoms with E-state index in [1.165, 1.54) is 0 Å². The van der Waals surface area contributed by atoms with Crippen molar-refractivity contribution in [3.8, 4) is 0 Å². The molecule has 1 atom stereocenters. The molecule has 3 saturated heterocycles. The number of benzene rings is 3. The van der Waals surface area contributed by atoms with Crippen LogP contribution in [0.2, 0.25) is 5.02 Å². The first kappa shape index (κ1) is 34.0. The van der Waals surface area contributed by atoms with Crippen LogP contribution in [0, 0.1) is 5.92 Å². The van der Waals surface area contributed by atoms with Gasteiger partial charge in [0.1, 0.15) is 12.5 Å². The average molecular weight is 647 g/mol. The van der Waals surface area contributed by atoms with E-state index < -0.39 is 23.7 Å². The van der Waals surface area contributed by atoms with Crippen molar-refractivity contribution in [2.45, 2.75) is 37.1 Å². The number of aliphatic hydroxyl groups is 1. The van der Waals surface area contributed by atoms with E-state index in [4.69, 9.17) is 26.2 Å². The lowest BCUT2D eigenvalue weighted by Crippen LogP contribution is -2.65. The molecule has 0 aliphatic carbocycles. The Balaban J connectivity index is 0.000000591. The van der Waals surface area contributed by atoms with Crippen LogP contribution in [-0.2, 0) is 19.9 Å². The van der Waals surface area contributed by atoms with Crippen molar-refractivity contribution in [2.24, 2.45) is 5.92 Å². The highest BCUT2D eigenvalue weighted by atomic mass is 35.5. The highest BCUT2D eigenvalue weighted by Gasteiger charge is 2.50. The Morgan fingerprint density at radius 3 is 2.00 bits per heavy atom. The summed E-state index contributed by atoms with van der Waals surface area (Å²) < 4.78 is 38.6. The zero-order valence-electron chi connectivity index (χ0n) is 24.3. The largest absolute Gasteiger partial charge is 0.542 e. The Hall–Kier alpha value is -3.93. The lowest BCUT2D eigenvalue weighted by atomic mass is 9.82. The van der Waals surface area contributed by atoms with E-state index in [0.717, 1.165) is 49.9 Å². The molecule has 0 saturated carbocycles. The number of amides is 1. The minimum atomic E-state index is -5.19. The Morgan fingerprint density at radius 1 is 0.933 bits per heavy atom. The molecule has 1 amide bonds. The van der Waals surface area contributed by atoms with Gasteiger partial charge < -0.3 is 29.5 Å². The number of carboxylic acid groups (broad SMARTS) is 1. The Labute approximate surface area is 264 Å². The van der Waals surface area contributed by atoms with Gasteiger partial charge in [-0.15, -0.1) is 0 Å². The van der Waals surface area contributed by atoms with E-state index in [2.05, 4.69) is 5.32 Å². The minimum Gasteiger partial charge on any atom is -0.542 e. The lowest BCUT2D eigenvalue weighted by molar-refractivity contribution is -0.946. The molecule has 45 heavy (non-hydrogen) atoms. The standard InChI is InChI=1S/C31H33ClN2O4.C2HF3O2/c32-27-14-7-9-24(21-27)29(35)33-17-8-18-34-19-15-23(16-20-34)28(22-34)38-30(36)31(37,25-10-3-1-4-11-25)26-12-5-2-6-13-26;3-2(4,5)1(6)7/h1-7,9-14,21,23,28,37H,8,15-20,22H2;(H,6,7)/t23?,28-,34?;/m0./s1. The molecular weight excluding hydrogens is 613 g/mol. The van der Waals surface area contributed by atoms with Crippen LogP contribution < -0.4 is 10.4 Å². The average Bonchev–Trinajstić information content (AvgIpc) is 3.04. The topological polar surface area (TPSA) is 116 Å². The molecule has 2 bridgehead atoms. The third kappa shape index (κ3) is 8.42. The van der Waals surface area contributed by atoms with Crippen LogP contribution in [-0.4, -0.2) is 72.4 Å². The molecule has 0 spiro atoms. The second-order valence-corrected chi connectivity index (χ2v) is 11.8. The number of halogens is 4. The number of carboxylic acids is 1. The van der Waals surface area contributed by atoms with Crippen LogP contribution in [0.15, 0.2) is 84.9 Å². The van der Waals surface area contributed by atoms with Gasteiger partial charge >= 0.3 is 12.1 Å². The van der Waals surface area contributed by atoms with Gasteiger partial charge in [-0.3, -0.25) is 4.79 Å². The fourth-order valence-electron chi connectivity index (χ4n) is 6.00. The molecule has 3 heterocycles. The molecule has 6 rings (SSSR count). The fourth-order valence-corrected chi connectivity index (χ4v) is 6.19. The van der Waals surface area contributed by atoms with E-state index >= 15 is 0 Å². The number of quaternary nitrogens is 1. The number of piperidine rings is 3. The number of fused-ring (bicyclic) bond motifs is 3. The lowest BCUT2D eigenvalue weighted by Gasteiger charge is -2.52. The smallest absolute Gasteiger partial charge is 0.430 e. The molecular formula is C33H34ClF3N2O6. The van der Waals surface area contributed by atoms with Gasteiger partial charge in [-0.05, 0) is 29.3 Å². The summed E-state index contributed by atoms with van der Waals surface area (Å²) in [5.41, 5.74) is -0.322. The Morgan fingerprint density at radius 2 is 1.49 bits per heavy atom. The number of hydrogen-bond acceptors (Lipinski definition) is 6. The maximum Gasteiger partial charge on any atom is 0.430 e. The van der Waals surface area contributed by atoms with Crippen LogP contribution in [0.4, 0.5) is 13.2 Å². The molecule has 0 radical (unpaired) electrons. The minimum absolute atomic E-state index is 0.127. The quantitative estimate of drug-likeness (QED) is 0.207. The summed E-state index contributed by atoms with van der Waals surface area (Å²) in [5.74, 6) is -3.46. The van der Waals surface area contributed by atoms with Crippen molar-refractivity contribution in [3.05, 3.63) is 107 Å². The van der Waals surface area contributed by atoms with Crippen LogP contribution in [0.3, 0.4) is 0 Å². The summed E-state index contributed by atoms with van der Waals surface area (Å²) in [5, 5.41) is 24.1. The molecule has 8 nitrogen and oxygen atoms in total. The van der Waals surface area contributed by atoms with Gasteiger partial charge in [0.15, 0.2) is 6.10 Å². The number of nitrogens with one attached hydrogen (secondary N) is 1. The number of carbonyl (C=O) groups is 3. The van der Waals surface area contributed by atoms with Crippen molar-refractivity contribution in [1.82, 2.24) is 5.32 Å². The Kier molecular flexibility index (Phi) is 10.9. The molecule has 0 unspecified atom stereocenters. The number of carbonyl (C=O) groups excluding carboxylic acids is 3. The highest BCUT2D eigenvalue weighted by molar-refractivity contribution is 6.30. The van der Waals surface area contributed by atoms with Crippen LogP contribution in [0.5, 0.6) is 0 Å². The molecule has 3 aromatic carbocycles. The number of ether oxygens (including phenoxy) is 1. The number of rotatable bonds is 9. The predicted molar refractivity (Wildman–Crippen MR) is 158 cm³/mol. The van der Waals surface area contributed by atoms with E-state index in [1.807, 2.05) is 36.4 Å². The maximum atomic E-state index is 13.7. The van der Waals surface area contributed by atoms with E-state index in [1.54, 1.807) is 48.5 Å². The second-order valence-electron chi connectivity index (χ2n) is 11.3. The molecule has 2 N–H and O–H groups in total. The number of esters is 1. The third-order valence-corrected chi connectivity index (χ3v) is 8.63. The van der Waals surface area contributed by atoms with Gasteiger partial charge in [-0.1, -0.05) is 78.3 Å². The van der Waals surface area contributed by atoms with E-state index in [9.17, 15) is 27.9 Å². The zero-order valence-corrected chi connectivity index (χ0v) is 25.1. The van der Waals surface area contributed by atoms with Crippen molar-refractivity contribution < 1.29 is 47.0 Å². The molecule has 12 heteroatoms. The number of hydrogen-bond donors (Lipinski definition) is 2. The highest BCUT2D eigenvalue weighted by Crippen LogP contribution is 2.38. The monoisotopic (exact) mass is 646 g/mol. The van der Waals surface area contributed by atoms with Crippen molar-refractivity contribution >= 4 is 29.4 Å². The molecule has 240 valence electrons. The van der Waals surface area contributed by atoms with Gasteiger partial charge in [0.25, 0.3) is 5.91 Å². The first-order valence-corrected chi connectivity index (χ1v) is 14.9. The fraction of sp³-hybridized carbons (Fsp3) is 0.364. The number of aliphatic carboxylic acids is 1. The van der Waals surface area contributed by atoms with Crippen molar-refractivity contribution in [3.63, 3.8) is 0 Å². The first-order chi connectivity index (χ1) is 21.3. The van der Waals surface area contributed by atoms with Crippen LogP contribution in [0.25, 0.3) is 0 Å². The van der Waals surface area contributed by atoms with Crippen molar-refractivity contribution in [1.29, 1.82) is 0 Å². The summed E-state index contributed by atoms with van der Waals surface area (Å²) in [6.07, 6.45) is -2.63. The van der Waals surface area contributed by atoms with Crippen molar-refractivity contribution in [2.75, 3.05) is 32.7 Å². The number of alkyl halides is 3. The molecule has 3 fully saturated rings. The van der Waals surface area contributed by atoms with E-state index in [-0.39, 0.29) is 12.0 Å². The summed E-state index contributed by atoms with van der Waals surface area (Å²) in [4.78, 5) is 34.9. The predicted octanol–water partition coefficient (Wildman–Crippen LogP) is 3.85. The van der Waals surface area contributed by atoms with Gasteiger partial charge in [0, 0.05) is 42.3 Å². The van der Waals surface area contributed by atoms with Gasteiger partial charge in [-0.2, -0.15) is 13.2 Å². The van der Waals surface area contributed by atoms with Gasteiger partial charge in [0.05, 0.1) is 19.6 Å².